The average Bonchev–Trinajstić information content (AvgIpc) is 2.49. The second-order valence-electron chi connectivity index (χ2n) is 4.99. The van der Waals surface area contributed by atoms with E-state index in [2.05, 4.69) is 0 Å². The number of carbonyl (C=O) groups is 1. The van der Waals surface area contributed by atoms with Crippen LogP contribution in [0.2, 0.25) is 5.02 Å². The lowest BCUT2D eigenvalue weighted by Gasteiger charge is -2.33. The van der Waals surface area contributed by atoms with Crippen LogP contribution in [0.4, 0.5) is 0 Å². The van der Waals surface area contributed by atoms with E-state index in [4.69, 9.17) is 21.1 Å². The molecule has 2 atom stereocenters. The number of benzene rings is 2. The van der Waals surface area contributed by atoms with Crippen molar-refractivity contribution in [1.29, 1.82) is 0 Å². The number of ketones is 1. The van der Waals surface area contributed by atoms with Crippen molar-refractivity contribution >= 4 is 17.4 Å². The van der Waals surface area contributed by atoms with Gasteiger partial charge in [-0.05, 0) is 23.3 Å². The summed E-state index contributed by atoms with van der Waals surface area (Å²) >= 11 is 6.28. The van der Waals surface area contributed by atoms with Gasteiger partial charge >= 0.3 is 0 Å². The Morgan fingerprint density at radius 2 is 1.86 bits per heavy atom. The number of Topliss-reactive ketones (excluding diaryl/α,β-unsaturated/α-hetero) is 1. The highest BCUT2D eigenvalue weighted by Gasteiger charge is 2.42. The van der Waals surface area contributed by atoms with Gasteiger partial charge in [0.2, 0.25) is 0 Å². The molecule has 0 heterocycles. The molecule has 0 radical (unpaired) electrons. The first-order valence-electron chi connectivity index (χ1n) is 6.76. The van der Waals surface area contributed by atoms with Gasteiger partial charge in [0.05, 0.1) is 5.02 Å². The predicted octanol–water partition coefficient (Wildman–Crippen LogP) is 3.74. The van der Waals surface area contributed by atoms with Crippen molar-refractivity contribution in [3.63, 3.8) is 0 Å². The molecule has 0 saturated heterocycles. The first-order valence-corrected chi connectivity index (χ1v) is 7.14. The van der Waals surface area contributed by atoms with E-state index in [0.717, 1.165) is 11.1 Å². The summed E-state index contributed by atoms with van der Waals surface area (Å²) in [5.41, 5.74) is 2.13. The summed E-state index contributed by atoms with van der Waals surface area (Å²) in [6, 6.07) is 15.7. The van der Waals surface area contributed by atoms with Crippen LogP contribution in [0.1, 0.15) is 6.42 Å². The number of methoxy groups -OCH3 is 1. The second-order valence-corrected chi connectivity index (χ2v) is 5.40. The van der Waals surface area contributed by atoms with Gasteiger partial charge in [0.1, 0.15) is 11.9 Å². The van der Waals surface area contributed by atoms with Crippen molar-refractivity contribution in [2.75, 3.05) is 7.11 Å². The molecule has 1 fully saturated rings. The number of carbonyl (C=O) groups excluding carboxylic acids is 1. The van der Waals surface area contributed by atoms with Crippen LogP contribution in [0, 0.1) is 0 Å². The highest BCUT2D eigenvalue weighted by Crippen LogP contribution is 2.33. The summed E-state index contributed by atoms with van der Waals surface area (Å²) in [4.78, 5) is 11.3. The Bertz CT molecular complexity index is 654. The van der Waals surface area contributed by atoms with Crippen LogP contribution in [0.5, 0.6) is 5.75 Å². The van der Waals surface area contributed by atoms with Crippen LogP contribution >= 0.6 is 11.6 Å². The molecule has 2 aromatic rings. The molecular formula is C17H15ClO3. The summed E-state index contributed by atoms with van der Waals surface area (Å²) in [6.07, 6.45) is -0.354. The van der Waals surface area contributed by atoms with E-state index < -0.39 is 6.10 Å². The lowest BCUT2D eigenvalue weighted by atomic mass is 9.90. The highest BCUT2D eigenvalue weighted by atomic mass is 35.5. The molecular weight excluding hydrogens is 288 g/mol. The van der Waals surface area contributed by atoms with Crippen molar-refractivity contribution in [2.24, 2.45) is 0 Å². The number of rotatable bonds is 4. The quantitative estimate of drug-likeness (QED) is 0.863. The zero-order chi connectivity index (χ0) is 14.8. The van der Waals surface area contributed by atoms with Crippen LogP contribution in [0.15, 0.2) is 48.5 Å². The number of hydrogen-bond acceptors (Lipinski definition) is 3. The maximum atomic E-state index is 11.3. The van der Waals surface area contributed by atoms with Gasteiger partial charge < -0.3 is 9.47 Å². The van der Waals surface area contributed by atoms with Gasteiger partial charge in [-0.1, -0.05) is 48.0 Å². The highest BCUT2D eigenvalue weighted by molar-refractivity contribution is 6.32. The molecule has 0 bridgehead atoms. The summed E-state index contributed by atoms with van der Waals surface area (Å²) in [5, 5.41) is 0.533. The Labute approximate surface area is 128 Å². The van der Waals surface area contributed by atoms with E-state index in [9.17, 15) is 4.79 Å². The van der Waals surface area contributed by atoms with Crippen molar-refractivity contribution in [1.82, 2.24) is 0 Å². The maximum absolute atomic E-state index is 11.3. The molecule has 0 aliphatic heterocycles. The predicted molar refractivity (Wildman–Crippen MR) is 81.7 cm³/mol. The van der Waals surface area contributed by atoms with Crippen LogP contribution in [0.25, 0.3) is 11.1 Å². The van der Waals surface area contributed by atoms with Gasteiger partial charge in [-0.2, -0.15) is 0 Å². The maximum Gasteiger partial charge on any atom is 0.169 e. The van der Waals surface area contributed by atoms with E-state index in [1.54, 1.807) is 0 Å². The summed E-state index contributed by atoms with van der Waals surface area (Å²) < 4.78 is 10.9. The third-order valence-corrected chi connectivity index (χ3v) is 3.92. The minimum absolute atomic E-state index is 0.0690. The Hall–Kier alpha value is -1.84. The van der Waals surface area contributed by atoms with Crippen LogP contribution in [-0.4, -0.2) is 25.1 Å². The molecule has 1 aliphatic carbocycles. The lowest BCUT2D eigenvalue weighted by molar-refractivity contribution is -0.150. The molecule has 0 N–H and O–H groups in total. The molecule has 2 unspecified atom stereocenters. The Kier molecular flexibility index (Phi) is 3.95. The van der Waals surface area contributed by atoms with E-state index in [1.165, 1.54) is 7.11 Å². The van der Waals surface area contributed by atoms with Crippen molar-refractivity contribution in [2.45, 2.75) is 18.6 Å². The normalized spacial score (nSPS) is 21.0. The molecule has 1 saturated carbocycles. The third kappa shape index (κ3) is 2.80. The average molecular weight is 303 g/mol. The fraction of sp³-hybridized carbons (Fsp3) is 0.235. The molecule has 4 heteroatoms. The third-order valence-electron chi connectivity index (χ3n) is 3.63. The largest absolute Gasteiger partial charge is 0.485 e. The van der Waals surface area contributed by atoms with Gasteiger partial charge in [0.15, 0.2) is 11.9 Å². The zero-order valence-corrected chi connectivity index (χ0v) is 12.3. The summed E-state index contributed by atoms with van der Waals surface area (Å²) in [6.45, 7) is 0. The van der Waals surface area contributed by atoms with Gasteiger partial charge in [-0.25, -0.2) is 0 Å². The van der Waals surface area contributed by atoms with Crippen molar-refractivity contribution in [3.05, 3.63) is 53.6 Å². The topological polar surface area (TPSA) is 35.5 Å². The first kappa shape index (κ1) is 14.1. The SMILES string of the molecule is COC1C(=O)CC1Oc1ccc(-c2ccccc2)cc1Cl. The molecule has 3 nitrogen and oxygen atoms in total. The zero-order valence-electron chi connectivity index (χ0n) is 11.6. The second kappa shape index (κ2) is 5.88. The Morgan fingerprint density at radius 1 is 1.10 bits per heavy atom. The van der Waals surface area contributed by atoms with Crippen LogP contribution in [0.3, 0.4) is 0 Å². The van der Waals surface area contributed by atoms with E-state index in [-0.39, 0.29) is 11.9 Å². The van der Waals surface area contributed by atoms with Gasteiger partial charge in [-0.15, -0.1) is 0 Å². The molecule has 21 heavy (non-hydrogen) atoms. The summed E-state index contributed by atoms with van der Waals surface area (Å²) in [7, 11) is 1.51. The molecule has 108 valence electrons. The van der Waals surface area contributed by atoms with Gasteiger partial charge in [0.25, 0.3) is 0 Å². The minimum Gasteiger partial charge on any atom is -0.485 e. The van der Waals surface area contributed by atoms with Crippen LogP contribution in [-0.2, 0) is 9.53 Å². The van der Waals surface area contributed by atoms with Crippen molar-refractivity contribution in [3.8, 4) is 16.9 Å². The summed E-state index contributed by atoms with van der Waals surface area (Å²) in [5.74, 6) is 0.649. The van der Waals surface area contributed by atoms with Gasteiger partial charge in [-0.3, -0.25) is 4.79 Å². The van der Waals surface area contributed by atoms with Crippen LogP contribution < -0.4 is 4.74 Å². The van der Waals surface area contributed by atoms with E-state index in [0.29, 0.717) is 17.2 Å². The molecule has 3 rings (SSSR count). The Morgan fingerprint density at radius 3 is 2.48 bits per heavy atom. The minimum atomic E-state index is -0.477. The van der Waals surface area contributed by atoms with E-state index >= 15 is 0 Å². The number of halogens is 1. The monoisotopic (exact) mass is 302 g/mol. The first-order chi connectivity index (χ1) is 10.2. The molecule has 0 amide bonds. The Balaban J connectivity index is 1.78. The van der Waals surface area contributed by atoms with Crippen molar-refractivity contribution < 1.29 is 14.3 Å². The smallest absolute Gasteiger partial charge is 0.169 e. The number of ether oxygens (including phenoxy) is 2. The fourth-order valence-corrected chi connectivity index (χ4v) is 2.65. The number of hydrogen-bond donors (Lipinski definition) is 0. The molecule has 0 aromatic heterocycles. The lowest BCUT2D eigenvalue weighted by Crippen LogP contribution is -2.51. The molecule has 2 aromatic carbocycles. The fourth-order valence-electron chi connectivity index (χ4n) is 2.42. The molecule has 1 aliphatic rings. The van der Waals surface area contributed by atoms with Gasteiger partial charge in [0, 0.05) is 13.5 Å². The standard InChI is InChI=1S/C17H15ClO3/c1-20-17-14(19)10-16(17)21-15-8-7-12(9-13(15)18)11-5-3-2-4-6-11/h2-9,16-17H,10H2,1H3. The molecule has 0 spiro atoms. The van der Waals surface area contributed by atoms with E-state index in [1.807, 2.05) is 48.5 Å².